The third kappa shape index (κ3) is 5.68. The molecule has 3 aliphatic rings. The Kier molecular flexibility index (Phi) is 8.56. The number of esters is 3. The van der Waals surface area contributed by atoms with Crippen LogP contribution in [0.5, 0.6) is 0 Å². The van der Waals surface area contributed by atoms with Crippen molar-refractivity contribution < 1.29 is 57.2 Å². The Labute approximate surface area is 250 Å². The van der Waals surface area contributed by atoms with Crippen molar-refractivity contribution in [2.75, 3.05) is 19.8 Å². The average Bonchev–Trinajstić information content (AvgIpc) is 3.37. The fraction of sp³-hybridized carbons (Fsp3) is 0.367. The minimum absolute atomic E-state index is 0.0786. The lowest BCUT2D eigenvalue weighted by Crippen LogP contribution is -2.67. The van der Waals surface area contributed by atoms with Gasteiger partial charge in [0, 0.05) is 20.8 Å². The topological polar surface area (TPSA) is 172 Å². The van der Waals surface area contributed by atoms with Crippen LogP contribution < -0.4 is 0 Å². The number of ether oxygens (including phenoxy) is 5. The maximum atomic E-state index is 13.6. The number of hydrogen-bond donors (Lipinski definition) is 0. The van der Waals surface area contributed by atoms with Gasteiger partial charge in [-0.2, -0.15) is 0 Å². The lowest BCUT2D eigenvalue weighted by Gasteiger charge is -2.47. The molecular formula is C30H28N2O12. The minimum atomic E-state index is -1.55. The van der Waals surface area contributed by atoms with Gasteiger partial charge >= 0.3 is 17.9 Å². The van der Waals surface area contributed by atoms with Gasteiger partial charge in [-0.25, -0.2) is 0 Å². The number of imide groups is 2. The number of nitrogens with zero attached hydrogens (tertiary/aromatic N) is 2. The monoisotopic (exact) mass is 608 g/mol. The third-order valence-corrected chi connectivity index (χ3v) is 7.27. The van der Waals surface area contributed by atoms with Crippen LogP contribution in [0.1, 0.15) is 62.2 Å². The van der Waals surface area contributed by atoms with Crippen LogP contribution in [-0.4, -0.2) is 102 Å². The summed E-state index contributed by atoms with van der Waals surface area (Å²) in [6, 6.07) is 10.8. The molecule has 5 atom stereocenters. The first kappa shape index (κ1) is 30.5. The van der Waals surface area contributed by atoms with Crippen LogP contribution in [-0.2, 0) is 38.1 Å². The van der Waals surface area contributed by atoms with Crippen molar-refractivity contribution in [1.82, 2.24) is 9.80 Å². The first-order chi connectivity index (χ1) is 21.0. The zero-order valence-electron chi connectivity index (χ0n) is 23.9. The summed E-state index contributed by atoms with van der Waals surface area (Å²) in [5.74, 6) is -4.89. The van der Waals surface area contributed by atoms with Crippen LogP contribution in [0.2, 0.25) is 0 Å². The van der Waals surface area contributed by atoms with E-state index in [1.165, 1.54) is 24.3 Å². The van der Waals surface area contributed by atoms with Crippen LogP contribution in [0.15, 0.2) is 48.5 Å². The number of rotatable bonds is 9. The summed E-state index contributed by atoms with van der Waals surface area (Å²) < 4.78 is 28.2. The van der Waals surface area contributed by atoms with E-state index in [1.54, 1.807) is 24.3 Å². The molecule has 4 amide bonds. The maximum Gasteiger partial charge on any atom is 0.303 e. The maximum absolute atomic E-state index is 13.6. The van der Waals surface area contributed by atoms with E-state index in [0.29, 0.717) is 0 Å². The van der Waals surface area contributed by atoms with Gasteiger partial charge in [-0.15, -0.1) is 0 Å². The first-order valence-corrected chi connectivity index (χ1v) is 13.7. The molecule has 230 valence electrons. The van der Waals surface area contributed by atoms with Gasteiger partial charge in [0.15, 0.2) is 18.5 Å². The molecule has 44 heavy (non-hydrogen) atoms. The first-order valence-electron chi connectivity index (χ1n) is 13.7. The van der Waals surface area contributed by atoms with E-state index in [4.69, 9.17) is 23.7 Å². The molecule has 1 fully saturated rings. The van der Waals surface area contributed by atoms with Gasteiger partial charge in [0.05, 0.1) is 35.4 Å². The second-order valence-electron chi connectivity index (χ2n) is 10.2. The summed E-state index contributed by atoms with van der Waals surface area (Å²) in [5.41, 5.74) is 0.622. The predicted molar refractivity (Wildman–Crippen MR) is 145 cm³/mol. The van der Waals surface area contributed by atoms with Crippen LogP contribution in [0.25, 0.3) is 0 Å². The molecule has 0 bridgehead atoms. The zero-order valence-corrected chi connectivity index (χ0v) is 23.9. The predicted octanol–water partition coefficient (Wildman–Crippen LogP) is 1.12. The molecule has 2 aromatic rings. The van der Waals surface area contributed by atoms with Crippen molar-refractivity contribution in [2.45, 2.75) is 51.4 Å². The molecule has 1 saturated heterocycles. The van der Waals surface area contributed by atoms with E-state index in [1.807, 2.05) is 0 Å². The smallest absolute Gasteiger partial charge is 0.303 e. The van der Waals surface area contributed by atoms with Crippen molar-refractivity contribution in [3.63, 3.8) is 0 Å². The van der Waals surface area contributed by atoms with Crippen LogP contribution in [0.4, 0.5) is 0 Å². The Bertz CT molecular complexity index is 1480. The molecule has 14 heteroatoms. The highest BCUT2D eigenvalue weighted by Crippen LogP contribution is 2.35. The number of carbonyl (C=O) groups is 7. The Morgan fingerprint density at radius 2 is 1.18 bits per heavy atom. The van der Waals surface area contributed by atoms with Crippen molar-refractivity contribution >= 4 is 41.5 Å². The van der Waals surface area contributed by atoms with E-state index >= 15 is 0 Å². The summed E-state index contributed by atoms with van der Waals surface area (Å²) in [6.45, 7) is 2.28. The molecule has 0 saturated carbocycles. The summed E-state index contributed by atoms with van der Waals surface area (Å²) in [4.78, 5) is 90.8. The van der Waals surface area contributed by atoms with Gasteiger partial charge < -0.3 is 23.7 Å². The molecular weight excluding hydrogens is 580 g/mol. The molecule has 0 spiro atoms. The average molecular weight is 609 g/mol. The molecule has 2 unspecified atom stereocenters. The minimum Gasteiger partial charge on any atom is -0.463 e. The van der Waals surface area contributed by atoms with Gasteiger partial charge in [-0.05, 0) is 24.3 Å². The highest BCUT2D eigenvalue weighted by molar-refractivity contribution is 6.22. The highest BCUT2D eigenvalue weighted by Gasteiger charge is 2.57. The molecule has 0 aliphatic carbocycles. The van der Waals surface area contributed by atoms with Crippen LogP contribution >= 0.6 is 0 Å². The number of fused-ring (bicyclic) bond motifs is 2. The van der Waals surface area contributed by atoms with Crippen LogP contribution in [0, 0.1) is 0 Å². The molecule has 0 radical (unpaired) electrons. The molecule has 14 nitrogen and oxygen atoms in total. The fourth-order valence-corrected chi connectivity index (χ4v) is 5.48. The van der Waals surface area contributed by atoms with Crippen molar-refractivity contribution in [3.05, 3.63) is 70.8 Å². The van der Waals surface area contributed by atoms with Crippen molar-refractivity contribution in [3.8, 4) is 0 Å². The SMILES string of the molecule is CC(=O)OCC1O[C@@H](OCCN2C(=O)c3ccccc3C2=O)C(N2C(=O)c3ccccc3C2=O)[C@@H](OC(C)=O)[C@H]1OC(C)=O. The molecule has 5 rings (SSSR count). The summed E-state index contributed by atoms with van der Waals surface area (Å²) in [5, 5.41) is 0. The Morgan fingerprint density at radius 1 is 0.705 bits per heavy atom. The number of amides is 4. The third-order valence-electron chi connectivity index (χ3n) is 7.27. The number of benzene rings is 2. The second kappa shape index (κ2) is 12.3. The van der Waals surface area contributed by atoms with E-state index in [9.17, 15) is 33.6 Å². The van der Waals surface area contributed by atoms with Crippen LogP contribution in [0.3, 0.4) is 0 Å². The largest absolute Gasteiger partial charge is 0.463 e. The van der Waals surface area contributed by atoms with Gasteiger partial charge in [-0.3, -0.25) is 43.4 Å². The standard InChI is InChI=1S/C30H28N2O12/c1-15(33)41-14-22-24(42-16(2)34)25(43-17(3)35)23(32-28(38)20-10-6-7-11-21(20)29(32)39)30(44-22)40-13-12-31-26(36)18-8-4-5-9-19(18)27(31)37/h4-11,22-25,30H,12-14H2,1-3H3/t22?,23?,24-,25+,30+/m0/s1. The Balaban J connectivity index is 1.48. The summed E-state index contributed by atoms with van der Waals surface area (Å²) >= 11 is 0. The lowest BCUT2D eigenvalue weighted by molar-refractivity contribution is -0.285. The lowest BCUT2D eigenvalue weighted by atomic mass is 9.94. The fourth-order valence-electron chi connectivity index (χ4n) is 5.48. The molecule has 3 heterocycles. The van der Waals surface area contributed by atoms with Gasteiger partial charge in [0.25, 0.3) is 23.6 Å². The van der Waals surface area contributed by atoms with E-state index < -0.39 is 78.8 Å². The molecule has 0 aromatic heterocycles. The van der Waals surface area contributed by atoms with Gasteiger partial charge in [-0.1, -0.05) is 24.3 Å². The molecule has 0 N–H and O–H groups in total. The summed E-state index contributed by atoms with van der Waals surface area (Å²) in [7, 11) is 0. The molecule has 3 aliphatic heterocycles. The number of hydrogen-bond acceptors (Lipinski definition) is 12. The Morgan fingerprint density at radius 3 is 1.66 bits per heavy atom. The van der Waals surface area contributed by atoms with E-state index in [0.717, 1.165) is 30.6 Å². The van der Waals surface area contributed by atoms with Crippen molar-refractivity contribution in [1.29, 1.82) is 0 Å². The second-order valence-corrected chi connectivity index (χ2v) is 10.2. The van der Waals surface area contributed by atoms with Gasteiger partial charge in [0.2, 0.25) is 0 Å². The van der Waals surface area contributed by atoms with E-state index in [-0.39, 0.29) is 35.4 Å². The zero-order chi connectivity index (χ0) is 31.7. The van der Waals surface area contributed by atoms with Crippen molar-refractivity contribution in [2.24, 2.45) is 0 Å². The quantitative estimate of drug-likeness (QED) is 0.226. The molecule has 2 aromatic carbocycles. The highest BCUT2D eigenvalue weighted by atomic mass is 16.7. The number of carbonyl (C=O) groups excluding carboxylic acids is 7. The normalized spacial score (nSPS) is 24.2. The van der Waals surface area contributed by atoms with Gasteiger partial charge in [0.1, 0.15) is 18.8 Å². The summed E-state index contributed by atoms with van der Waals surface area (Å²) in [6.07, 6.45) is -5.80. The Hall–Kier alpha value is -4.95. The van der Waals surface area contributed by atoms with E-state index in [2.05, 4.69) is 0 Å².